The van der Waals surface area contributed by atoms with Crippen molar-refractivity contribution in [3.8, 4) is 0 Å². The first-order valence-electron chi connectivity index (χ1n) is 11.2. The van der Waals surface area contributed by atoms with Crippen LogP contribution >= 0.6 is 0 Å². The van der Waals surface area contributed by atoms with E-state index in [0.717, 1.165) is 34.9 Å². The molecule has 1 aromatic heterocycles. The number of rotatable bonds is 4. The molecule has 2 aliphatic carbocycles. The predicted molar refractivity (Wildman–Crippen MR) is 114 cm³/mol. The minimum atomic E-state index is -4.95. The van der Waals surface area contributed by atoms with Crippen LogP contribution in [0.4, 0.5) is 31.1 Å². The number of carbonyl (C=O) groups is 1. The first-order valence-corrected chi connectivity index (χ1v) is 11.2. The van der Waals surface area contributed by atoms with Gasteiger partial charge in [-0.15, -0.1) is 0 Å². The monoisotopic (exact) mass is 486 g/mol. The van der Waals surface area contributed by atoms with Crippen molar-refractivity contribution in [1.82, 2.24) is 20.5 Å². The van der Waals surface area contributed by atoms with E-state index in [1.54, 1.807) is 6.08 Å². The zero-order chi connectivity index (χ0) is 24.5. The third-order valence-corrected chi connectivity index (χ3v) is 7.24. The number of H-pyrrole nitrogens is 1. The highest BCUT2D eigenvalue weighted by molar-refractivity contribution is 6.00. The Hall–Kier alpha value is -2.69. The van der Waals surface area contributed by atoms with Crippen molar-refractivity contribution in [2.45, 2.75) is 56.2 Å². The Kier molecular flexibility index (Phi) is 5.20. The molecule has 34 heavy (non-hydrogen) atoms. The van der Waals surface area contributed by atoms with Gasteiger partial charge in [0, 0.05) is 29.2 Å². The van der Waals surface area contributed by atoms with E-state index in [2.05, 4.69) is 15.6 Å². The SMILES string of the molecule is CCC1NC23Cc4c[nH]c5cccc(c45)C2=CC(NC(=O)N(CC(F)(F)F)CC(F)(F)F)CC13. The predicted octanol–water partition coefficient (Wildman–Crippen LogP) is 4.75. The first kappa shape index (κ1) is 23.1. The topological polar surface area (TPSA) is 60.2 Å². The van der Waals surface area contributed by atoms with Crippen LogP contribution < -0.4 is 10.6 Å². The second-order valence-electron chi connectivity index (χ2n) is 9.41. The van der Waals surface area contributed by atoms with Crippen LogP contribution in [0.2, 0.25) is 0 Å². The van der Waals surface area contributed by atoms with Gasteiger partial charge in [0.25, 0.3) is 0 Å². The molecular weight excluding hydrogens is 462 g/mol. The number of aromatic nitrogens is 1. The molecule has 0 radical (unpaired) electrons. The minimum absolute atomic E-state index is 0.0831. The maximum absolute atomic E-state index is 12.9. The molecule has 11 heteroatoms. The Morgan fingerprint density at radius 3 is 2.53 bits per heavy atom. The molecular formula is C23H24F6N4O. The van der Waals surface area contributed by atoms with Gasteiger partial charge in [0.15, 0.2) is 0 Å². The molecule has 5 rings (SSSR count). The number of benzene rings is 1. The molecule has 1 saturated heterocycles. The lowest BCUT2D eigenvalue weighted by Crippen LogP contribution is -2.75. The summed E-state index contributed by atoms with van der Waals surface area (Å²) in [7, 11) is 0. The molecule has 4 unspecified atom stereocenters. The van der Waals surface area contributed by atoms with Crippen molar-refractivity contribution < 1.29 is 31.1 Å². The van der Waals surface area contributed by atoms with Gasteiger partial charge in [0.1, 0.15) is 13.1 Å². The zero-order valence-corrected chi connectivity index (χ0v) is 18.3. The third-order valence-electron chi connectivity index (χ3n) is 7.24. The number of hydrogen-bond acceptors (Lipinski definition) is 2. The molecule has 1 aliphatic heterocycles. The van der Waals surface area contributed by atoms with E-state index >= 15 is 0 Å². The third kappa shape index (κ3) is 3.83. The maximum Gasteiger partial charge on any atom is 0.406 e. The Morgan fingerprint density at radius 2 is 1.88 bits per heavy atom. The van der Waals surface area contributed by atoms with Gasteiger partial charge in [-0.25, -0.2) is 4.79 Å². The molecule has 1 aromatic carbocycles. The van der Waals surface area contributed by atoms with Crippen LogP contribution in [0.3, 0.4) is 0 Å². The van der Waals surface area contributed by atoms with Crippen molar-refractivity contribution in [1.29, 1.82) is 0 Å². The van der Waals surface area contributed by atoms with Crippen molar-refractivity contribution in [2.24, 2.45) is 5.92 Å². The summed E-state index contributed by atoms with van der Waals surface area (Å²) in [6.07, 6.45) is -4.13. The summed E-state index contributed by atoms with van der Waals surface area (Å²) >= 11 is 0. The summed E-state index contributed by atoms with van der Waals surface area (Å²) in [5.74, 6) is 0.0831. The molecule has 2 aromatic rings. The number of amides is 2. The fraction of sp³-hybridized carbons (Fsp3) is 0.522. The number of nitrogens with one attached hydrogen (secondary N) is 3. The van der Waals surface area contributed by atoms with Crippen LogP contribution in [0.25, 0.3) is 16.5 Å². The molecule has 1 fully saturated rings. The lowest BCUT2D eigenvalue weighted by Gasteiger charge is -2.62. The normalized spacial score (nSPS) is 28.0. The average molecular weight is 486 g/mol. The molecule has 2 heterocycles. The van der Waals surface area contributed by atoms with Crippen molar-refractivity contribution in [3.05, 3.63) is 41.6 Å². The van der Waals surface area contributed by atoms with Crippen LogP contribution in [0.15, 0.2) is 30.5 Å². The summed E-state index contributed by atoms with van der Waals surface area (Å²) in [6.45, 7) is -1.92. The van der Waals surface area contributed by atoms with Crippen molar-refractivity contribution in [2.75, 3.05) is 13.1 Å². The number of urea groups is 1. The number of halogens is 6. The van der Waals surface area contributed by atoms with Gasteiger partial charge < -0.3 is 20.5 Å². The molecule has 4 atom stereocenters. The van der Waals surface area contributed by atoms with Gasteiger partial charge >= 0.3 is 18.4 Å². The van der Waals surface area contributed by atoms with E-state index in [-0.39, 0.29) is 22.4 Å². The van der Waals surface area contributed by atoms with E-state index in [1.165, 1.54) is 5.56 Å². The quantitative estimate of drug-likeness (QED) is 0.547. The second-order valence-corrected chi connectivity index (χ2v) is 9.41. The Morgan fingerprint density at radius 1 is 1.18 bits per heavy atom. The highest BCUT2D eigenvalue weighted by Crippen LogP contribution is 2.55. The molecule has 0 saturated carbocycles. The Bertz CT molecular complexity index is 1140. The summed E-state index contributed by atoms with van der Waals surface area (Å²) < 4.78 is 77.3. The summed E-state index contributed by atoms with van der Waals surface area (Å²) in [5.41, 5.74) is 3.67. The fourth-order valence-electron chi connectivity index (χ4n) is 6.02. The van der Waals surface area contributed by atoms with E-state index in [9.17, 15) is 31.1 Å². The fourth-order valence-corrected chi connectivity index (χ4v) is 6.02. The maximum atomic E-state index is 12.9. The van der Waals surface area contributed by atoms with Gasteiger partial charge in [-0.05, 0) is 47.9 Å². The summed E-state index contributed by atoms with van der Waals surface area (Å²) in [4.78, 5) is 15.6. The van der Waals surface area contributed by atoms with Gasteiger partial charge in [-0.3, -0.25) is 0 Å². The van der Waals surface area contributed by atoms with Crippen LogP contribution in [0.5, 0.6) is 0 Å². The van der Waals surface area contributed by atoms with Gasteiger partial charge in [-0.1, -0.05) is 25.1 Å². The number of alkyl halides is 6. The smallest absolute Gasteiger partial charge is 0.361 e. The van der Waals surface area contributed by atoms with Crippen molar-refractivity contribution >= 4 is 22.5 Å². The molecule has 184 valence electrons. The van der Waals surface area contributed by atoms with E-state index in [0.29, 0.717) is 6.42 Å². The van der Waals surface area contributed by atoms with E-state index in [1.807, 2.05) is 31.3 Å². The van der Waals surface area contributed by atoms with Crippen LogP contribution in [0, 0.1) is 5.92 Å². The molecule has 3 N–H and O–H groups in total. The van der Waals surface area contributed by atoms with Gasteiger partial charge in [-0.2, -0.15) is 26.3 Å². The number of carbonyl (C=O) groups excluding carboxylic acids is 1. The van der Waals surface area contributed by atoms with Crippen LogP contribution in [0.1, 0.15) is 30.9 Å². The molecule has 3 aliphatic rings. The molecule has 0 bridgehead atoms. The highest BCUT2D eigenvalue weighted by atomic mass is 19.4. The number of fused-ring (bicyclic) bond motifs is 1. The standard InChI is InChI=1S/C23H24F6N4O/c1-2-17-16-7-13(31-20(34)33(10-22(24,25)26)11-23(27,28)29)6-15-14-4-3-5-18-19(14)12(9-30-18)8-21(15,16)32-17/h3-6,9,13,16-17,30,32H,2,7-8,10-11H2,1H3,(H,31,34). The van der Waals surface area contributed by atoms with E-state index in [4.69, 9.17) is 0 Å². The van der Waals surface area contributed by atoms with Gasteiger partial charge in [0.2, 0.25) is 0 Å². The molecule has 5 nitrogen and oxygen atoms in total. The van der Waals surface area contributed by atoms with Crippen LogP contribution in [-0.4, -0.2) is 59.0 Å². The first-order chi connectivity index (χ1) is 15.9. The van der Waals surface area contributed by atoms with Crippen molar-refractivity contribution in [3.63, 3.8) is 0 Å². The van der Waals surface area contributed by atoms with E-state index < -0.39 is 37.5 Å². The van der Waals surface area contributed by atoms with Gasteiger partial charge in [0.05, 0.1) is 5.54 Å². The Balaban J connectivity index is 1.48. The molecule has 1 spiro atoms. The lowest BCUT2D eigenvalue weighted by molar-refractivity contribution is -0.171. The summed E-state index contributed by atoms with van der Waals surface area (Å²) in [5, 5.41) is 7.18. The minimum Gasteiger partial charge on any atom is -0.361 e. The number of nitrogens with zero attached hydrogens (tertiary/aromatic N) is 1. The number of hydrogen-bond donors (Lipinski definition) is 3. The zero-order valence-electron chi connectivity index (χ0n) is 18.3. The highest BCUT2D eigenvalue weighted by Gasteiger charge is 2.59. The second kappa shape index (κ2) is 7.66. The van der Waals surface area contributed by atoms with Crippen LogP contribution in [-0.2, 0) is 6.42 Å². The lowest BCUT2D eigenvalue weighted by atomic mass is 9.55. The largest absolute Gasteiger partial charge is 0.406 e. The molecule has 2 amide bonds. The average Bonchev–Trinajstić information content (AvgIpc) is 3.12. The summed E-state index contributed by atoms with van der Waals surface area (Å²) in [6, 6.07) is 3.91. The Labute approximate surface area is 191 Å². The number of aromatic amines is 1.